The normalized spacial score (nSPS) is 23.3. The molecule has 8 nitrogen and oxygen atoms in total. The Labute approximate surface area is 179 Å². The highest BCUT2D eigenvalue weighted by Gasteiger charge is 2.47. The summed E-state index contributed by atoms with van der Waals surface area (Å²) in [5, 5.41) is 4.16. The zero-order chi connectivity index (χ0) is 21.9. The maximum atomic E-state index is 6.42. The Kier molecular flexibility index (Phi) is 7.61. The maximum absolute atomic E-state index is 6.42. The molecule has 1 aliphatic heterocycles. The number of hydrogen-bond acceptors (Lipinski definition) is 8. The first-order chi connectivity index (χ1) is 13.4. The molecule has 1 aromatic heterocycles. The highest BCUT2D eigenvalue weighted by Crippen LogP contribution is 2.37. The van der Waals surface area contributed by atoms with Crippen LogP contribution in [0.2, 0.25) is 18.1 Å². The zero-order valence-corrected chi connectivity index (χ0v) is 20.3. The van der Waals surface area contributed by atoms with Crippen molar-refractivity contribution in [3.05, 3.63) is 18.2 Å². The molecule has 0 radical (unpaired) electrons. The Morgan fingerprint density at radius 1 is 1.41 bits per heavy atom. The second kappa shape index (κ2) is 9.21. The van der Waals surface area contributed by atoms with Gasteiger partial charge in [0, 0.05) is 12.4 Å². The summed E-state index contributed by atoms with van der Waals surface area (Å²) in [4.78, 5) is 12.0. The van der Waals surface area contributed by atoms with Crippen LogP contribution in [-0.2, 0) is 23.5 Å². The molecule has 1 fully saturated rings. The molecule has 0 spiro atoms. The van der Waals surface area contributed by atoms with Crippen molar-refractivity contribution in [3.63, 3.8) is 0 Å². The van der Waals surface area contributed by atoms with Gasteiger partial charge in [-0.3, -0.25) is 0 Å². The molecular weight excluding hydrogens is 410 g/mol. The summed E-state index contributed by atoms with van der Waals surface area (Å²) in [5.74, 6) is -0.322. The van der Waals surface area contributed by atoms with E-state index in [1.54, 1.807) is 18.6 Å². The summed E-state index contributed by atoms with van der Waals surface area (Å²) in [6.45, 7) is 14.9. The van der Waals surface area contributed by atoms with Gasteiger partial charge in [-0.1, -0.05) is 25.9 Å². The van der Waals surface area contributed by atoms with Crippen molar-refractivity contribution in [2.45, 2.75) is 76.8 Å². The van der Waals surface area contributed by atoms with Crippen LogP contribution in [0.5, 0.6) is 0 Å². The largest absolute Gasteiger partial charge is 0.472 e. The highest BCUT2D eigenvalue weighted by molar-refractivity contribution is 7.80. The van der Waals surface area contributed by atoms with Crippen LogP contribution in [0, 0.1) is 0 Å². The van der Waals surface area contributed by atoms with Gasteiger partial charge in [-0.15, -0.1) is 0 Å². The molecule has 1 saturated heterocycles. The summed E-state index contributed by atoms with van der Waals surface area (Å²) in [6, 6.07) is 0. The predicted molar refractivity (Wildman–Crippen MR) is 118 cm³/mol. The topological polar surface area (TPSA) is 87.2 Å². The number of H-pyrrole nitrogens is 1. The molecular formula is C19H33N3O5SSi. The zero-order valence-electron chi connectivity index (χ0n) is 18.5. The Morgan fingerprint density at radius 2 is 2.10 bits per heavy atom. The smallest absolute Gasteiger partial charge is 0.228 e. The standard InChI is InChI=1S/C19H33N3O5SSi/c1-18(2,3)29(7,8)24-12-14(25-17(28)16-20-9-10-21-16)15-13(11-22-23-6)26-19(4,5)27-15/h9-11,13-15H,12H2,1-8H3,(H,20,21)/b22-11+/t13-,14+,15-/m0/s1. The summed E-state index contributed by atoms with van der Waals surface area (Å²) in [7, 11) is -0.541. The van der Waals surface area contributed by atoms with Crippen LogP contribution < -0.4 is 0 Å². The minimum atomic E-state index is -2.02. The molecule has 29 heavy (non-hydrogen) atoms. The molecule has 0 unspecified atom stereocenters. The minimum Gasteiger partial charge on any atom is -0.472 e. The molecule has 1 aromatic rings. The number of aromatic nitrogens is 2. The fourth-order valence-electron chi connectivity index (χ4n) is 2.61. The lowest BCUT2D eigenvalue weighted by atomic mass is 10.1. The average molecular weight is 444 g/mol. The third kappa shape index (κ3) is 6.32. The molecule has 2 rings (SSSR count). The summed E-state index contributed by atoms with van der Waals surface area (Å²) in [5.41, 5.74) is 0. The van der Waals surface area contributed by atoms with Gasteiger partial charge in [0.2, 0.25) is 5.05 Å². The van der Waals surface area contributed by atoms with Crippen molar-refractivity contribution < 1.29 is 23.5 Å². The first-order valence-electron chi connectivity index (χ1n) is 9.63. The van der Waals surface area contributed by atoms with E-state index in [1.165, 1.54) is 7.11 Å². The number of nitrogens with zero attached hydrogens (tertiary/aromatic N) is 2. The van der Waals surface area contributed by atoms with E-state index in [-0.39, 0.29) is 10.1 Å². The molecule has 10 heteroatoms. The molecule has 2 heterocycles. The van der Waals surface area contributed by atoms with Crippen LogP contribution in [0.1, 0.15) is 40.4 Å². The lowest BCUT2D eigenvalue weighted by Crippen LogP contribution is -2.48. The average Bonchev–Trinajstić information content (AvgIpc) is 3.23. The lowest BCUT2D eigenvalue weighted by Gasteiger charge is -2.38. The van der Waals surface area contributed by atoms with Gasteiger partial charge in [0.15, 0.2) is 26.0 Å². The van der Waals surface area contributed by atoms with E-state index in [1.807, 2.05) is 13.8 Å². The van der Waals surface area contributed by atoms with Crippen molar-refractivity contribution in [3.8, 4) is 0 Å². The van der Waals surface area contributed by atoms with Gasteiger partial charge in [-0.05, 0) is 44.2 Å². The third-order valence-corrected chi connectivity index (χ3v) is 10.00. The number of imidazole rings is 1. The predicted octanol–water partition coefficient (Wildman–Crippen LogP) is 3.64. The van der Waals surface area contributed by atoms with Crippen LogP contribution in [0.25, 0.3) is 0 Å². The Bertz CT molecular complexity index is 703. The Hall–Kier alpha value is -1.33. The van der Waals surface area contributed by atoms with E-state index in [4.69, 9.17) is 35.7 Å². The quantitative estimate of drug-likeness (QED) is 0.284. The van der Waals surface area contributed by atoms with Gasteiger partial charge in [-0.25, -0.2) is 4.98 Å². The number of nitrogens with one attached hydrogen (secondary N) is 1. The molecule has 164 valence electrons. The van der Waals surface area contributed by atoms with E-state index < -0.39 is 32.4 Å². The molecule has 0 bridgehead atoms. The molecule has 0 saturated carbocycles. The van der Waals surface area contributed by atoms with Gasteiger partial charge in [0.1, 0.15) is 19.3 Å². The molecule has 1 N–H and O–H groups in total. The summed E-state index contributed by atoms with van der Waals surface area (Å²) < 4.78 is 24.7. The number of ether oxygens (including phenoxy) is 3. The minimum absolute atomic E-state index is 0.0578. The molecule has 0 aromatic carbocycles. The summed E-state index contributed by atoms with van der Waals surface area (Å²) in [6.07, 6.45) is 3.41. The van der Waals surface area contributed by atoms with Crippen LogP contribution in [-0.4, -0.2) is 67.4 Å². The fourth-order valence-corrected chi connectivity index (χ4v) is 3.86. The van der Waals surface area contributed by atoms with Crippen LogP contribution >= 0.6 is 12.2 Å². The number of rotatable bonds is 8. The lowest BCUT2D eigenvalue weighted by molar-refractivity contribution is -0.153. The van der Waals surface area contributed by atoms with E-state index >= 15 is 0 Å². The van der Waals surface area contributed by atoms with E-state index in [0.29, 0.717) is 12.4 Å². The van der Waals surface area contributed by atoms with Crippen molar-refractivity contribution in [1.82, 2.24) is 9.97 Å². The van der Waals surface area contributed by atoms with E-state index in [0.717, 1.165) is 0 Å². The van der Waals surface area contributed by atoms with E-state index in [2.05, 4.69) is 49.0 Å². The highest BCUT2D eigenvalue weighted by atomic mass is 32.1. The van der Waals surface area contributed by atoms with Gasteiger partial charge in [0.25, 0.3) is 0 Å². The van der Waals surface area contributed by atoms with Crippen molar-refractivity contribution in [1.29, 1.82) is 0 Å². The van der Waals surface area contributed by atoms with Crippen LogP contribution in [0.15, 0.2) is 17.5 Å². The molecule has 1 aliphatic rings. The number of thiocarbonyl (C=S) groups is 1. The number of hydrogen-bond donors (Lipinski definition) is 1. The second-order valence-electron chi connectivity index (χ2n) is 8.95. The third-order valence-electron chi connectivity index (χ3n) is 5.21. The molecule has 0 aliphatic carbocycles. The second-order valence-corrected chi connectivity index (χ2v) is 14.1. The monoisotopic (exact) mass is 443 g/mol. The van der Waals surface area contributed by atoms with Crippen LogP contribution in [0.4, 0.5) is 0 Å². The van der Waals surface area contributed by atoms with Gasteiger partial charge in [0.05, 0.1) is 12.8 Å². The van der Waals surface area contributed by atoms with Crippen LogP contribution in [0.3, 0.4) is 0 Å². The van der Waals surface area contributed by atoms with Gasteiger partial charge in [-0.2, -0.15) is 0 Å². The van der Waals surface area contributed by atoms with Crippen molar-refractivity contribution in [2.75, 3.05) is 13.7 Å². The maximum Gasteiger partial charge on any atom is 0.228 e. The SMILES string of the molecule is CO/N=C/[C@@H]1OC(C)(C)O[C@@H]1[C@@H](CO[Si](C)(C)C(C)(C)C)OC(=S)c1ncc[nH]1. The first-order valence-corrected chi connectivity index (χ1v) is 12.9. The number of aromatic amines is 1. The first kappa shape index (κ1) is 23.9. The van der Waals surface area contributed by atoms with E-state index in [9.17, 15) is 0 Å². The van der Waals surface area contributed by atoms with Crippen molar-refractivity contribution in [2.24, 2.45) is 5.16 Å². The Morgan fingerprint density at radius 3 is 2.66 bits per heavy atom. The Balaban J connectivity index is 2.25. The fraction of sp³-hybridized carbons (Fsp3) is 0.737. The number of oxime groups is 1. The molecule has 3 atom stereocenters. The van der Waals surface area contributed by atoms with Gasteiger partial charge >= 0.3 is 0 Å². The summed E-state index contributed by atoms with van der Waals surface area (Å²) >= 11 is 5.44. The van der Waals surface area contributed by atoms with Gasteiger partial charge < -0.3 is 28.5 Å². The van der Waals surface area contributed by atoms with Crippen molar-refractivity contribution >= 4 is 31.8 Å². The molecule has 0 amide bonds.